The fourth-order valence-electron chi connectivity index (χ4n) is 2.97. The molecule has 0 heterocycles. The molecule has 0 nitrogen and oxygen atoms in total. The van der Waals surface area contributed by atoms with Crippen LogP contribution >= 0.6 is 15.9 Å². The van der Waals surface area contributed by atoms with Crippen LogP contribution in [0.5, 0.6) is 0 Å². The monoisotopic (exact) mass is 348 g/mol. The second-order valence-electron chi connectivity index (χ2n) is 5.84. The summed E-state index contributed by atoms with van der Waals surface area (Å²) in [6.07, 6.45) is 0.793. The average molecular weight is 349 g/mol. The van der Waals surface area contributed by atoms with Gasteiger partial charge in [0.05, 0.1) is 0 Å². The van der Waals surface area contributed by atoms with Gasteiger partial charge in [-0.3, -0.25) is 0 Å². The number of halogens is 2. The van der Waals surface area contributed by atoms with Crippen LogP contribution in [-0.4, -0.2) is 0 Å². The zero-order chi connectivity index (χ0) is 15.7. The molecule has 0 bridgehead atoms. The number of hydrogen-bond donors (Lipinski definition) is 0. The first-order chi connectivity index (χ1) is 9.82. The van der Waals surface area contributed by atoms with Crippen molar-refractivity contribution in [3.63, 3.8) is 0 Å². The average Bonchev–Trinajstić information content (AvgIpc) is 2.43. The highest BCUT2D eigenvalue weighted by atomic mass is 79.9. The molecule has 0 amide bonds. The molecule has 0 aliphatic heterocycles. The van der Waals surface area contributed by atoms with Crippen LogP contribution in [0.4, 0.5) is 4.39 Å². The molecule has 0 N–H and O–H groups in total. The van der Waals surface area contributed by atoms with Crippen molar-refractivity contribution >= 4 is 15.9 Å². The first kappa shape index (κ1) is 16.2. The Morgan fingerprint density at radius 3 is 1.95 bits per heavy atom. The van der Waals surface area contributed by atoms with Crippen molar-refractivity contribution in [2.75, 3.05) is 0 Å². The second-order valence-corrected chi connectivity index (χ2v) is 6.95. The lowest BCUT2D eigenvalue weighted by Crippen LogP contribution is -2.06. The van der Waals surface area contributed by atoms with Gasteiger partial charge in [0.1, 0.15) is 5.82 Å². The van der Waals surface area contributed by atoms with Crippen molar-refractivity contribution in [2.45, 2.75) is 45.9 Å². The fraction of sp³-hybridized carbons (Fsp3) is 0.368. The van der Waals surface area contributed by atoms with Crippen LogP contribution in [0.3, 0.4) is 0 Å². The van der Waals surface area contributed by atoms with Crippen molar-refractivity contribution in [3.8, 4) is 0 Å². The van der Waals surface area contributed by atoms with Gasteiger partial charge < -0.3 is 0 Å². The second kappa shape index (κ2) is 6.31. The molecule has 1 atom stereocenters. The molecular weight excluding hydrogens is 327 g/mol. The Morgan fingerprint density at radius 1 is 0.905 bits per heavy atom. The minimum atomic E-state index is -0.170. The van der Waals surface area contributed by atoms with Gasteiger partial charge in [-0.1, -0.05) is 28.1 Å². The molecule has 0 aliphatic carbocycles. The lowest BCUT2D eigenvalue weighted by molar-refractivity contribution is 0.625. The Hall–Kier alpha value is -1.15. The first-order valence-electron chi connectivity index (χ1n) is 7.28. The van der Waals surface area contributed by atoms with Crippen LogP contribution in [0.25, 0.3) is 0 Å². The summed E-state index contributed by atoms with van der Waals surface area (Å²) in [5, 5.41) is 0. The molecule has 2 aromatic carbocycles. The van der Waals surface area contributed by atoms with Crippen molar-refractivity contribution < 1.29 is 4.39 Å². The minimum absolute atomic E-state index is 0.170. The predicted octanol–water partition coefficient (Wildman–Crippen LogP) is 6.05. The van der Waals surface area contributed by atoms with Gasteiger partial charge in [-0.15, -0.1) is 0 Å². The highest BCUT2D eigenvalue weighted by Gasteiger charge is 2.18. The lowest BCUT2D eigenvalue weighted by Gasteiger charge is -2.22. The summed E-state index contributed by atoms with van der Waals surface area (Å²) < 4.78 is 13.3. The molecule has 0 aliphatic rings. The molecule has 0 aromatic heterocycles. The van der Waals surface area contributed by atoms with Gasteiger partial charge >= 0.3 is 0 Å². The standard InChI is InChI=1S/C19H22BrF/c1-11-12(2)14(4)19(15(5)13(11)3)18(20)10-16-7-6-8-17(21)9-16/h6-9,18H,10H2,1-5H3. The zero-order valence-corrected chi connectivity index (χ0v) is 14.9. The van der Waals surface area contributed by atoms with Gasteiger partial charge in [0.25, 0.3) is 0 Å². The molecule has 0 spiro atoms. The normalized spacial score (nSPS) is 12.5. The van der Waals surface area contributed by atoms with E-state index in [1.54, 1.807) is 12.1 Å². The molecule has 0 saturated carbocycles. The van der Waals surface area contributed by atoms with Gasteiger partial charge in [-0.05, 0) is 92.1 Å². The minimum Gasteiger partial charge on any atom is -0.207 e. The largest absolute Gasteiger partial charge is 0.207 e. The Morgan fingerprint density at radius 2 is 1.43 bits per heavy atom. The maximum Gasteiger partial charge on any atom is 0.123 e. The maximum absolute atomic E-state index is 13.3. The molecule has 21 heavy (non-hydrogen) atoms. The quantitative estimate of drug-likeness (QED) is 0.592. The first-order valence-corrected chi connectivity index (χ1v) is 8.19. The molecule has 2 rings (SSSR count). The Kier molecular flexibility index (Phi) is 4.88. The topological polar surface area (TPSA) is 0 Å². The van der Waals surface area contributed by atoms with E-state index in [4.69, 9.17) is 0 Å². The van der Waals surface area contributed by atoms with E-state index in [0.717, 1.165) is 12.0 Å². The number of alkyl halides is 1. The number of rotatable bonds is 3. The van der Waals surface area contributed by atoms with Crippen LogP contribution in [0, 0.1) is 40.4 Å². The van der Waals surface area contributed by atoms with Crippen LogP contribution in [0.15, 0.2) is 24.3 Å². The molecule has 0 saturated heterocycles. The van der Waals surface area contributed by atoms with Crippen molar-refractivity contribution in [2.24, 2.45) is 0 Å². The van der Waals surface area contributed by atoms with Crippen molar-refractivity contribution in [3.05, 3.63) is 69.0 Å². The third-order valence-electron chi connectivity index (χ3n) is 4.68. The van der Waals surface area contributed by atoms with Crippen LogP contribution in [0.1, 0.15) is 43.8 Å². The van der Waals surface area contributed by atoms with E-state index in [0.29, 0.717) is 0 Å². The summed E-state index contributed by atoms with van der Waals surface area (Å²) in [5.41, 5.74) is 9.14. The van der Waals surface area contributed by atoms with E-state index >= 15 is 0 Å². The van der Waals surface area contributed by atoms with E-state index in [9.17, 15) is 4.39 Å². The van der Waals surface area contributed by atoms with Gasteiger partial charge in [0.15, 0.2) is 0 Å². The van der Waals surface area contributed by atoms with Crippen LogP contribution in [0.2, 0.25) is 0 Å². The summed E-state index contributed by atoms with van der Waals surface area (Å²) in [4.78, 5) is 0.206. The highest BCUT2D eigenvalue weighted by Crippen LogP contribution is 2.36. The van der Waals surface area contributed by atoms with E-state index < -0.39 is 0 Å². The summed E-state index contributed by atoms with van der Waals surface area (Å²) in [6.45, 7) is 10.9. The summed E-state index contributed by atoms with van der Waals surface area (Å²) >= 11 is 3.82. The van der Waals surface area contributed by atoms with Gasteiger partial charge in [-0.25, -0.2) is 4.39 Å². The Balaban J connectivity index is 2.42. The van der Waals surface area contributed by atoms with E-state index in [1.807, 2.05) is 6.07 Å². The summed E-state index contributed by atoms with van der Waals surface area (Å²) in [6, 6.07) is 6.86. The van der Waals surface area contributed by atoms with E-state index in [1.165, 1.54) is 39.4 Å². The Bertz CT molecular complexity index is 645. The molecule has 112 valence electrons. The molecule has 2 heteroatoms. The molecular formula is C19H22BrF. The van der Waals surface area contributed by atoms with Crippen molar-refractivity contribution in [1.82, 2.24) is 0 Å². The predicted molar refractivity (Wildman–Crippen MR) is 91.9 cm³/mol. The van der Waals surface area contributed by atoms with E-state index in [-0.39, 0.29) is 10.6 Å². The molecule has 0 fully saturated rings. The SMILES string of the molecule is Cc1c(C)c(C)c(C(Br)Cc2cccc(F)c2)c(C)c1C. The van der Waals surface area contributed by atoms with Crippen molar-refractivity contribution in [1.29, 1.82) is 0 Å². The fourth-order valence-corrected chi connectivity index (χ4v) is 4.03. The van der Waals surface area contributed by atoms with Crippen LogP contribution < -0.4 is 0 Å². The molecule has 2 aromatic rings. The number of benzene rings is 2. The highest BCUT2D eigenvalue weighted by molar-refractivity contribution is 9.09. The molecule has 0 radical (unpaired) electrons. The van der Waals surface area contributed by atoms with Gasteiger partial charge in [-0.2, -0.15) is 0 Å². The lowest BCUT2D eigenvalue weighted by atomic mass is 9.87. The summed E-state index contributed by atoms with van der Waals surface area (Å²) in [5.74, 6) is -0.170. The number of hydrogen-bond acceptors (Lipinski definition) is 0. The smallest absolute Gasteiger partial charge is 0.123 e. The Labute approximate surface area is 135 Å². The molecule has 1 unspecified atom stereocenters. The van der Waals surface area contributed by atoms with Crippen LogP contribution in [-0.2, 0) is 6.42 Å². The zero-order valence-electron chi connectivity index (χ0n) is 13.3. The third kappa shape index (κ3) is 3.21. The van der Waals surface area contributed by atoms with E-state index in [2.05, 4.69) is 50.5 Å². The maximum atomic E-state index is 13.3. The third-order valence-corrected chi connectivity index (χ3v) is 5.46. The van der Waals surface area contributed by atoms with Gasteiger partial charge in [0, 0.05) is 4.83 Å². The van der Waals surface area contributed by atoms with Gasteiger partial charge in [0.2, 0.25) is 0 Å². The summed E-state index contributed by atoms with van der Waals surface area (Å²) in [7, 11) is 0.